The Hall–Kier alpha value is -1.62. The molecule has 0 spiro atoms. The number of esters is 2. The summed E-state index contributed by atoms with van der Waals surface area (Å²) in [6.07, 6.45) is 14.7. The normalized spacial score (nSPS) is 38.7. The molecule has 3 fully saturated rings. The van der Waals surface area contributed by atoms with Crippen LogP contribution in [0.2, 0.25) is 0 Å². The maximum atomic E-state index is 12.6. The molecule has 5 heteroatoms. The van der Waals surface area contributed by atoms with Crippen molar-refractivity contribution in [3.63, 3.8) is 0 Å². The topological polar surface area (TPSA) is 61.8 Å². The van der Waals surface area contributed by atoms with Crippen LogP contribution in [0.4, 0.5) is 0 Å². The highest BCUT2D eigenvalue weighted by molar-refractivity contribution is 5.70. The number of carbonyl (C=O) groups excluding carboxylic acids is 2. The molecular formula is C39H64O5. The lowest BCUT2D eigenvalue weighted by Crippen LogP contribution is -2.63. The van der Waals surface area contributed by atoms with Crippen LogP contribution in [0.1, 0.15) is 140 Å². The molecule has 0 saturated heterocycles. The Balaban J connectivity index is 1.63. The molecule has 5 nitrogen and oxygen atoms in total. The molecule has 0 aromatic heterocycles. The highest BCUT2D eigenvalue weighted by Crippen LogP contribution is 2.75. The first-order valence-corrected chi connectivity index (χ1v) is 17.9. The van der Waals surface area contributed by atoms with Crippen molar-refractivity contribution in [2.75, 3.05) is 7.11 Å². The molecule has 250 valence electrons. The molecule has 4 aliphatic carbocycles. The quantitative estimate of drug-likeness (QED) is 0.172. The summed E-state index contributed by atoms with van der Waals surface area (Å²) in [5, 5.41) is 0. The highest BCUT2D eigenvalue weighted by Gasteiger charge is 2.69. The van der Waals surface area contributed by atoms with Gasteiger partial charge in [0.1, 0.15) is 12.2 Å². The van der Waals surface area contributed by atoms with Crippen molar-refractivity contribution in [1.29, 1.82) is 0 Å². The molecule has 0 aromatic rings. The smallest absolute Gasteiger partial charge is 0.306 e. The van der Waals surface area contributed by atoms with Crippen LogP contribution in [-0.4, -0.2) is 37.4 Å². The second-order valence-corrected chi connectivity index (χ2v) is 16.6. The van der Waals surface area contributed by atoms with Crippen LogP contribution in [0.25, 0.3) is 0 Å². The molecule has 0 amide bonds. The number of methoxy groups -OCH3 is 1. The van der Waals surface area contributed by atoms with E-state index in [2.05, 4.69) is 67.5 Å². The minimum Gasteiger partial charge on any atom is -0.461 e. The van der Waals surface area contributed by atoms with Gasteiger partial charge in [0, 0.05) is 31.3 Å². The number of rotatable bonds is 11. The van der Waals surface area contributed by atoms with Gasteiger partial charge < -0.3 is 14.2 Å². The van der Waals surface area contributed by atoms with E-state index in [4.69, 9.17) is 14.2 Å². The average Bonchev–Trinajstić information content (AvgIpc) is 3.20. The van der Waals surface area contributed by atoms with Crippen LogP contribution in [0.5, 0.6) is 0 Å². The first-order valence-electron chi connectivity index (χ1n) is 17.9. The van der Waals surface area contributed by atoms with Gasteiger partial charge >= 0.3 is 11.9 Å². The lowest BCUT2D eigenvalue weighted by molar-refractivity contribution is -0.187. The maximum absolute atomic E-state index is 12.6. The van der Waals surface area contributed by atoms with Crippen LogP contribution in [0.3, 0.4) is 0 Å². The highest BCUT2D eigenvalue weighted by atomic mass is 16.5. The third-order valence-corrected chi connectivity index (χ3v) is 13.3. The van der Waals surface area contributed by atoms with E-state index < -0.39 is 0 Å². The molecule has 0 aromatic carbocycles. The maximum Gasteiger partial charge on any atom is 0.306 e. The van der Waals surface area contributed by atoms with Gasteiger partial charge in [0.05, 0.1) is 6.10 Å². The van der Waals surface area contributed by atoms with Crippen LogP contribution >= 0.6 is 0 Å². The van der Waals surface area contributed by atoms with Crippen LogP contribution in [0.15, 0.2) is 23.3 Å². The number of hydrogen-bond acceptors (Lipinski definition) is 5. The lowest BCUT2D eigenvalue weighted by Gasteiger charge is -2.67. The summed E-state index contributed by atoms with van der Waals surface area (Å²) in [6, 6.07) is 0. The molecular weight excluding hydrogens is 548 g/mol. The Kier molecular flexibility index (Phi) is 10.6. The summed E-state index contributed by atoms with van der Waals surface area (Å²) >= 11 is 0. The zero-order valence-electron chi connectivity index (χ0n) is 30.0. The van der Waals surface area contributed by atoms with Crippen LogP contribution in [-0.2, 0) is 23.8 Å². The Morgan fingerprint density at radius 1 is 0.932 bits per heavy atom. The summed E-state index contributed by atoms with van der Waals surface area (Å²) in [4.78, 5) is 25.1. The van der Waals surface area contributed by atoms with Gasteiger partial charge in [0.15, 0.2) is 0 Å². The van der Waals surface area contributed by atoms with Crippen molar-refractivity contribution in [3.8, 4) is 0 Å². The van der Waals surface area contributed by atoms with Gasteiger partial charge in [-0.3, -0.25) is 9.59 Å². The van der Waals surface area contributed by atoms with Gasteiger partial charge in [-0.25, -0.2) is 0 Å². The van der Waals surface area contributed by atoms with E-state index in [0.29, 0.717) is 36.5 Å². The van der Waals surface area contributed by atoms with E-state index >= 15 is 0 Å². The second kappa shape index (κ2) is 13.2. The van der Waals surface area contributed by atoms with Crippen molar-refractivity contribution in [2.24, 2.45) is 45.3 Å². The van der Waals surface area contributed by atoms with Crippen LogP contribution in [0, 0.1) is 45.3 Å². The van der Waals surface area contributed by atoms with Gasteiger partial charge in [-0.1, -0.05) is 72.6 Å². The van der Waals surface area contributed by atoms with E-state index in [0.717, 1.165) is 32.1 Å². The molecule has 10 atom stereocenters. The summed E-state index contributed by atoms with van der Waals surface area (Å²) in [5.74, 6) is 1.78. The monoisotopic (exact) mass is 612 g/mol. The molecule has 0 radical (unpaired) electrons. The number of allylic oxidation sites excluding steroid dienone is 1. The van der Waals surface area contributed by atoms with E-state index in [1.165, 1.54) is 36.8 Å². The van der Waals surface area contributed by atoms with Crippen molar-refractivity contribution < 1.29 is 23.8 Å². The predicted octanol–water partition coefficient (Wildman–Crippen LogP) is 9.63. The number of ether oxygens (including phenoxy) is 3. The van der Waals surface area contributed by atoms with Crippen molar-refractivity contribution >= 4 is 11.9 Å². The first-order chi connectivity index (χ1) is 20.6. The fourth-order valence-corrected chi connectivity index (χ4v) is 11.0. The summed E-state index contributed by atoms with van der Waals surface area (Å²) < 4.78 is 18.6. The molecule has 0 bridgehead atoms. The van der Waals surface area contributed by atoms with E-state index in [1.807, 2.05) is 21.0 Å². The SMILES string of the molecule is CCCC(=O)O[C@H]1CC[C@@H]2C(=C[C@H](OC)[C@@H]3[C@@]2(C)CC[C@]2(C)[C@@H]([C@H](C)C[C@H](C=C(C)C)OC(=O)CCC)CC[C@@]32C)C1(C)C. The third-order valence-electron chi connectivity index (χ3n) is 13.3. The standard InChI is InChI=1S/C39H64O5/c1-12-14-33(40)43-27(22-25(3)4)23-26(5)28-18-19-39(10)35-31(42-11)24-30-29(37(35,8)20-21-38(28,39)9)16-17-32(36(30,6)7)44-34(41)15-13-2/h22,24,26-29,31-32,35H,12-21,23H2,1-11H3/t26-,27+,28-,29-,31+,32+,35-,37+,38-,39+/m1/s1. The minimum absolute atomic E-state index is 0.0442. The summed E-state index contributed by atoms with van der Waals surface area (Å²) in [7, 11) is 1.90. The third kappa shape index (κ3) is 6.09. The van der Waals surface area contributed by atoms with Crippen molar-refractivity contribution in [3.05, 3.63) is 23.3 Å². The Bertz CT molecular complexity index is 1120. The molecule has 4 aliphatic rings. The molecule has 3 saturated carbocycles. The first kappa shape index (κ1) is 35.2. The zero-order chi connectivity index (χ0) is 32.7. The van der Waals surface area contributed by atoms with E-state index in [9.17, 15) is 9.59 Å². The largest absolute Gasteiger partial charge is 0.461 e. The fourth-order valence-electron chi connectivity index (χ4n) is 11.0. The number of carbonyl (C=O) groups is 2. The fraction of sp³-hybridized carbons (Fsp3) is 0.846. The molecule has 0 unspecified atom stereocenters. The molecule has 0 N–H and O–H groups in total. The van der Waals surface area contributed by atoms with Crippen LogP contribution < -0.4 is 0 Å². The molecule has 0 heterocycles. The van der Waals surface area contributed by atoms with Gasteiger partial charge in [0.2, 0.25) is 0 Å². The number of fused-ring (bicyclic) bond motifs is 5. The summed E-state index contributed by atoms with van der Waals surface area (Å²) in [6.45, 7) is 23.0. The van der Waals surface area contributed by atoms with Gasteiger partial charge in [-0.2, -0.15) is 0 Å². The van der Waals surface area contributed by atoms with E-state index in [1.54, 1.807) is 0 Å². The van der Waals surface area contributed by atoms with E-state index in [-0.39, 0.29) is 51.9 Å². The lowest BCUT2D eigenvalue weighted by atomic mass is 9.38. The van der Waals surface area contributed by atoms with Crippen molar-refractivity contribution in [1.82, 2.24) is 0 Å². The Morgan fingerprint density at radius 3 is 2.20 bits per heavy atom. The molecule has 4 rings (SSSR count). The molecule has 44 heavy (non-hydrogen) atoms. The zero-order valence-corrected chi connectivity index (χ0v) is 30.0. The minimum atomic E-state index is -0.208. The second-order valence-electron chi connectivity index (χ2n) is 16.6. The number of hydrogen-bond donors (Lipinski definition) is 0. The average molecular weight is 613 g/mol. The summed E-state index contributed by atoms with van der Waals surface area (Å²) in [5.41, 5.74) is 2.91. The van der Waals surface area contributed by atoms with Gasteiger partial charge in [-0.05, 0) is 112 Å². The van der Waals surface area contributed by atoms with Gasteiger partial charge in [-0.15, -0.1) is 0 Å². The molecule has 0 aliphatic heterocycles. The van der Waals surface area contributed by atoms with Crippen molar-refractivity contribution in [2.45, 2.75) is 158 Å². The predicted molar refractivity (Wildman–Crippen MR) is 178 cm³/mol. The van der Waals surface area contributed by atoms with Gasteiger partial charge in [0.25, 0.3) is 0 Å². The Labute approximate surface area is 269 Å². The Morgan fingerprint density at radius 2 is 1.59 bits per heavy atom.